The lowest BCUT2D eigenvalue weighted by molar-refractivity contribution is -0.137. The van der Waals surface area contributed by atoms with Gasteiger partial charge < -0.3 is 19.5 Å². The van der Waals surface area contributed by atoms with Gasteiger partial charge >= 0.3 is 12.1 Å². The van der Waals surface area contributed by atoms with E-state index in [0.29, 0.717) is 17.6 Å². The summed E-state index contributed by atoms with van der Waals surface area (Å²) in [5.74, 6) is -0.752. The van der Waals surface area contributed by atoms with Crippen molar-refractivity contribution in [2.24, 2.45) is 0 Å². The first kappa shape index (κ1) is 18.8. The molecule has 27 heavy (non-hydrogen) atoms. The molecule has 0 radical (unpaired) electrons. The van der Waals surface area contributed by atoms with Gasteiger partial charge in [0.1, 0.15) is 0 Å². The normalized spacial score (nSPS) is 12.6. The van der Waals surface area contributed by atoms with Gasteiger partial charge in [-0.05, 0) is 36.4 Å². The van der Waals surface area contributed by atoms with Crippen LogP contribution < -0.4 is 14.8 Å². The summed E-state index contributed by atoms with van der Waals surface area (Å²) in [6, 6.07) is 7.26. The van der Waals surface area contributed by atoms with Crippen LogP contribution in [0.2, 0.25) is 5.02 Å². The third-order valence-electron chi connectivity index (χ3n) is 3.50. The molecule has 0 aliphatic carbocycles. The number of hydrogen-bond acceptors (Lipinski definition) is 5. The van der Waals surface area contributed by atoms with Gasteiger partial charge in [-0.15, -0.1) is 0 Å². The molecule has 3 rings (SSSR count). The summed E-state index contributed by atoms with van der Waals surface area (Å²) in [6.07, 6.45) is -4.66. The van der Waals surface area contributed by atoms with E-state index in [-0.39, 0.29) is 18.0 Å². The Labute approximate surface area is 155 Å². The number of benzene rings is 2. The number of fused-ring (bicyclic) bond motifs is 1. The van der Waals surface area contributed by atoms with Gasteiger partial charge in [0.25, 0.3) is 5.91 Å². The molecular weight excluding hydrogens is 391 g/mol. The van der Waals surface area contributed by atoms with Crippen LogP contribution in [0.25, 0.3) is 0 Å². The molecule has 6 nitrogen and oxygen atoms in total. The number of halogens is 4. The summed E-state index contributed by atoms with van der Waals surface area (Å²) in [4.78, 5) is 23.8. The summed E-state index contributed by atoms with van der Waals surface area (Å²) < 4.78 is 53.5. The molecule has 0 saturated carbocycles. The molecule has 1 aliphatic rings. The van der Waals surface area contributed by atoms with E-state index in [1.165, 1.54) is 24.3 Å². The highest BCUT2D eigenvalue weighted by molar-refractivity contribution is 6.31. The van der Waals surface area contributed by atoms with Crippen molar-refractivity contribution in [2.45, 2.75) is 6.18 Å². The van der Waals surface area contributed by atoms with E-state index in [4.69, 9.17) is 25.8 Å². The molecule has 0 aromatic heterocycles. The Balaban J connectivity index is 1.59. The third-order valence-corrected chi connectivity index (χ3v) is 3.83. The predicted octanol–water partition coefficient (Wildman–Crippen LogP) is 3.88. The van der Waals surface area contributed by atoms with Crippen LogP contribution in [0.15, 0.2) is 36.4 Å². The molecule has 1 N–H and O–H groups in total. The highest BCUT2D eigenvalue weighted by atomic mass is 35.5. The number of anilines is 1. The number of nitrogens with one attached hydrogen (secondary N) is 1. The van der Waals surface area contributed by atoms with Gasteiger partial charge in [-0.3, -0.25) is 4.79 Å². The first-order valence-corrected chi connectivity index (χ1v) is 7.85. The minimum absolute atomic E-state index is 0.0389. The lowest BCUT2D eigenvalue weighted by Gasteiger charge is -2.12. The van der Waals surface area contributed by atoms with Crippen LogP contribution in [0.3, 0.4) is 0 Å². The zero-order valence-electron chi connectivity index (χ0n) is 13.4. The van der Waals surface area contributed by atoms with Crippen molar-refractivity contribution in [3.05, 3.63) is 52.5 Å². The number of carbonyl (C=O) groups excluding carboxylic acids is 2. The average molecular weight is 402 g/mol. The Bertz CT molecular complexity index is 901. The van der Waals surface area contributed by atoms with Crippen molar-refractivity contribution in [1.82, 2.24) is 0 Å². The molecule has 1 amide bonds. The summed E-state index contributed by atoms with van der Waals surface area (Å²) in [5.41, 5.74) is -1.08. The molecule has 142 valence electrons. The molecule has 0 bridgehead atoms. The Hall–Kier alpha value is -2.94. The second-order valence-corrected chi connectivity index (χ2v) is 5.79. The molecule has 0 unspecified atom stereocenters. The number of amides is 1. The lowest BCUT2D eigenvalue weighted by Crippen LogP contribution is -2.21. The number of hydrogen-bond donors (Lipinski definition) is 1. The van der Waals surface area contributed by atoms with Gasteiger partial charge in [0.2, 0.25) is 6.79 Å². The van der Waals surface area contributed by atoms with E-state index in [1.54, 1.807) is 0 Å². The molecule has 2 aromatic carbocycles. The highest BCUT2D eigenvalue weighted by Crippen LogP contribution is 2.36. The van der Waals surface area contributed by atoms with Crippen molar-refractivity contribution < 1.29 is 37.0 Å². The van der Waals surface area contributed by atoms with Crippen molar-refractivity contribution in [3.63, 3.8) is 0 Å². The monoisotopic (exact) mass is 401 g/mol. The molecule has 0 fully saturated rings. The molecule has 0 spiro atoms. The highest BCUT2D eigenvalue weighted by Gasteiger charge is 2.33. The SMILES string of the molecule is O=C(COC(=O)c1ccc2c(c1)OCO2)Nc1ccc(Cl)c(C(F)(F)F)c1. The fraction of sp³-hybridized carbons (Fsp3) is 0.176. The Kier molecular flexibility index (Phi) is 5.13. The maximum Gasteiger partial charge on any atom is 0.417 e. The number of ether oxygens (including phenoxy) is 3. The Morgan fingerprint density at radius 2 is 1.85 bits per heavy atom. The van der Waals surface area contributed by atoms with Gasteiger partial charge in [0.05, 0.1) is 16.1 Å². The Morgan fingerprint density at radius 3 is 2.59 bits per heavy atom. The van der Waals surface area contributed by atoms with E-state index < -0.39 is 35.2 Å². The van der Waals surface area contributed by atoms with Crippen LogP contribution >= 0.6 is 11.6 Å². The zero-order valence-corrected chi connectivity index (χ0v) is 14.2. The van der Waals surface area contributed by atoms with Crippen molar-refractivity contribution in [1.29, 1.82) is 0 Å². The molecule has 0 atom stereocenters. The second-order valence-electron chi connectivity index (χ2n) is 5.38. The molecule has 0 saturated heterocycles. The van der Waals surface area contributed by atoms with Gasteiger partial charge in [-0.2, -0.15) is 13.2 Å². The standard InChI is InChI=1S/C17H11ClF3NO5/c18-12-3-2-10(6-11(12)17(19,20)21)22-15(23)7-25-16(24)9-1-4-13-14(5-9)27-8-26-13/h1-6H,7-8H2,(H,22,23). The molecule has 1 heterocycles. The van der Waals surface area contributed by atoms with Gasteiger partial charge in [-0.25, -0.2) is 4.79 Å². The summed E-state index contributed by atoms with van der Waals surface area (Å²) >= 11 is 5.51. The van der Waals surface area contributed by atoms with Crippen LogP contribution in [0.4, 0.5) is 18.9 Å². The van der Waals surface area contributed by atoms with E-state index in [9.17, 15) is 22.8 Å². The molecule has 10 heteroatoms. The zero-order chi connectivity index (χ0) is 19.6. The first-order chi connectivity index (χ1) is 12.7. The van der Waals surface area contributed by atoms with E-state index in [0.717, 1.165) is 6.07 Å². The van der Waals surface area contributed by atoms with E-state index >= 15 is 0 Å². The van der Waals surface area contributed by atoms with Crippen LogP contribution in [-0.4, -0.2) is 25.3 Å². The van der Waals surface area contributed by atoms with Gasteiger partial charge in [0, 0.05) is 5.69 Å². The van der Waals surface area contributed by atoms with Crippen molar-refractivity contribution in [2.75, 3.05) is 18.7 Å². The minimum Gasteiger partial charge on any atom is -0.454 e. The number of rotatable bonds is 4. The van der Waals surface area contributed by atoms with Crippen LogP contribution in [0, 0.1) is 0 Å². The maximum absolute atomic E-state index is 12.8. The Morgan fingerprint density at radius 1 is 1.11 bits per heavy atom. The number of alkyl halides is 3. The van der Waals surface area contributed by atoms with Crippen LogP contribution in [0.5, 0.6) is 11.5 Å². The molecule has 1 aliphatic heterocycles. The second kappa shape index (κ2) is 7.36. The summed E-state index contributed by atoms with van der Waals surface area (Å²) in [7, 11) is 0. The first-order valence-electron chi connectivity index (χ1n) is 7.47. The average Bonchev–Trinajstić information content (AvgIpc) is 3.08. The van der Waals surface area contributed by atoms with Gasteiger partial charge in [0.15, 0.2) is 18.1 Å². The summed E-state index contributed by atoms with van der Waals surface area (Å²) in [5, 5.41) is 1.72. The smallest absolute Gasteiger partial charge is 0.417 e. The quantitative estimate of drug-likeness (QED) is 0.787. The van der Waals surface area contributed by atoms with Crippen LogP contribution in [-0.2, 0) is 15.7 Å². The molecule has 2 aromatic rings. The number of carbonyl (C=O) groups is 2. The van der Waals surface area contributed by atoms with Crippen LogP contribution in [0.1, 0.15) is 15.9 Å². The topological polar surface area (TPSA) is 73.9 Å². The third kappa shape index (κ3) is 4.43. The predicted molar refractivity (Wildman–Crippen MR) is 87.9 cm³/mol. The van der Waals surface area contributed by atoms with Crippen molar-refractivity contribution in [3.8, 4) is 11.5 Å². The maximum atomic E-state index is 12.8. The van der Waals surface area contributed by atoms with E-state index in [1.807, 2.05) is 0 Å². The van der Waals surface area contributed by atoms with Crippen molar-refractivity contribution >= 4 is 29.2 Å². The minimum atomic E-state index is -4.66. The fourth-order valence-corrected chi connectivity index (χ4v) is 2.48. The number of esters is 1. The van der Waals surface area contributed by atoms with E-state index in [2.05, 4.69) is 5.32 Å². The fourth-order valence-electron chi connectivity index (χ4n) is 2.26. The lowest BCUT2D eigenvalue weighted by atomic mass is 10.2. The largest absolute Gasteiger partial charge is 0.454 e. The molecular formula is C17H11ClF3NO5. The van der Waals surface area contributed by atoms with Gasteiger partial charge in [-0.1, -0.05) is 11.6 Å². The summed E-state index contributed by atoms with van der Waals surface area (Å²) in [6.45, 7) is -0.644.